The van der Waals surface area contributed by atoms with E-state index in [4.69, 9.17) is 16.3 Å². The molecule has 142 valence electrons. The molecule has 0 aliphatic heterocycles. The molecule has 0 saturated carbocycles. The SMILES string of the molecule is CCNC(=NCC(C)Oc1ccccc1)NCCc1ccc(Cl)nc1.I. The molecule has 1 aromatic heterocycles. The van der Waals surface area contributed by atoms with Crippen molar-refractivity contribution in [2.45, 2.75) is 26.4 Å². The lowest BCUT2D eigenvalue weighted by Crippen LogP contribution is -2.39. The number of rotatable bonds is 8. The Morgan fingerprint density at radius 2 is 1.96 bits per heavy atom. The maximum Gasteiger partial charge on any atom is 0.191 e. The van der Waals surface area contributed by atoms with Crippen LogP contribution >= 0.6 is 35.6 Å². The quantitative estimate of drug-likeness (QED) is 0.256. The first kappa shape index (κ1) is 22.5. The standard InChI is InChI=1S/C19H25ClN4O.HI/c1-3-21-19(22-12-11-16-9-10-18(20)23-14-16)24-13-15(2)25-17-7-5-4-6-8-17;/h4-10,14-15H,3,11-13H2,1-2H3,(H2,21,22,24);1H. The molecule has 0 bridgehead atoms. The Hall–Kier alpha value is -1.54. The summed E-state index contributed by atoms with van der Waals surface area (Å²) in [5, 5.41) is 7.08. The minimum Gasteiger partial charge on any atom is -0.489 e. The highest BCUT2D eigenvalue weighted by Crippen LogP contribution is 2.10. The average Bonchev–Trinajstić information content (AvgIpc) is 2.62. The van der Waals surface area contributed by atoms with Gasteiger partial charge in [-0.15, -0.1) is 24.0 Å². The number of halogens is 2. The maximum atomic E-state index is 5.84. The van der Waals surface area contributed by atoms with E-state index in [1.807, 2.05) is 50.2 Å². The van der Waals surface area contributed by atoms with Crippen LogP contribution in [0.4, 0.5) is 0 Å². The van der Waals surface area contributed by atoms with Gasteiger partial charge in [0.05, 0.1) is 6.54 Å². The van der Waals surface area contributed by atoms with E-state index < -0.39 is 0 Å². The van der Waals surface area contributed by atoms with Gasteiger partial charge in [-0.3, -0.25) is 0 Å². The smallest absolute Gasteiger partial charge is 0.191 e. The van der Waals surface area contributed by atoms with Crippen molar-refractivity contribution in [3.63, 3.8) is 0 Å². The van der Waals surface area contributed by atoms with Gasteiger partial charge in [0.2, 0.25) is 0 Å². The molecular weight excluding hydrogens is 463 g/mol. The fourth-order valence-electron chi connectivity index (χ4n) is 2.21. The number of aromatic nitrogens is 1. The zero-order valence-corrected chi connectivity index (χ0v) is 18.2. The largest absolute Gasteiger partial charge is 0.489 e. The molecule has 0 aliphatic rings. The van der Waals surface area contributed by atoms with Gasteiger partial charge in [-0.25, -0.2) is 9.98 Å². The van der Waals surface area contributed by atoms with Crippen LogP contribution in [0.2, 0.25) is 5.15 Å². The van der Waals surface area contributed by atoms with Crippen molar-refractivity contribution in [3.8, 4) is 5.75 Å². The van der Waals surface area contributed by atoms with Crippen LogP contribution in [0.25, 0.3) is 0 Å². The molecule has 1 aromatic carbocycles. The third kappa shape index (κ3) is 8.71. The number of hydrogen-bond donors (Lipinski definition) is 2. The summed E-state index contributed by atoms with van der Waals surface area (Å²) in [6, 6.07) is 13.6. The van der Waals surface area contributed by atoms with E-state index in [0.29, 0.717) is 11.7 Å². The van der Waals surface area contributed by atoms with Crippen molar-refractivity contribution < 1.29 is 4.74 Å². The normalized spacial score (nSPS) is 12.0. The third-order valence-corrected chi connectivity index (χ3v) is 3.65. The lowest BCUT2D eigenvalue weighted by atomic mass is 10.2. The predicted molar refractivity (Wildman–Crippen MR) is 119 cm³/mol. The van der Waals surface area contributed by atoms with Crippen LogP contribution in [0.3, 0.4) is 0 Å². The van der Waals surface area contributed by atoms with Gasteiger partial charge in [-0.1, -0.05) is 35.9 Å². The minimum atomic E-state index is -0.00155. The van der Waals surface area contributed by atoms with E-state index in [2.05, 4.69) is 20.6 Å². The molecule has 0 spiro atoms. The van der Waals surface area contributed by atoms with Crippen LogP contribution in [0, 0.1) is 0 Å². The molecule has 1 unspecified atom stereocenters. The number of nitrogens with one attached hydrogen (secondary N) is 2. The van der Waals surface area contributed by atoms with Gasteiger partial charge in [0.1, 0.15) is 17.0 Å². The van der Waals surface area contributed by atoms with E-state index in [-0.39, 0.29) is 30.1 Å². The monoisotopic (exact) mass is 488 g/mol. The summed E-state index contributed by atoms with van der Waals surface area (Å²) in [4.78, 5) is 8.68. The Bertz CT molecular complexity index is 652. The van der Waals surface area contributed by atoms with Gasteiger partial charge in [-0.2, -0.15) is 0 Å². The van der Waals surface area contributed by atoms with E-state index in [1.54, 1.807) is 12.3 Å². The fraction of sp³-hybridized carbons (Fsp3) is 0.368. The molecule has 0 radical (unpaired) electrons. The molecule has 1 heterocycles. The molecule has 0 amide bonds. The van der Waals surface area contributed by atoms with Crippen molar-refractivity contribution in [2.24, 2.45) is 4.99 Å². The van der Waals surface area contributed by atoms with Crippen molar-refractivity contribution in [3.05, 3.63) is 59.4 Å². The second kappa shape index (κ2) is 12.8. The summed E-state index contributed by atoms with van der Waals surface area (Å²) in [5.41, 5.74) is 1.13. The number of guanidine groups is 1. The number of ether oxygens (including phenoxy) is 1. The lowest BCUT2D eigenvalue weighted by molar-refractivity contribution is 0.230. The van der Waals surface area contributed by atoms with Gasteiger partial charge in [0.25, 0.3) is 0 Å². The summed E-state index contributed by atoms with van der Waals surface area (Å²) in [6.07, 6.45) is 2.65. The Balaban J connectivity index is 0.00000338. The number of para-hydroxylation sites is 1. The Labute approximate surface area is 177 Å². The maximum absolute atomic E-state index is 5.84. The number of nitrogens with zero attached hydrogens (tertiary/aromatic N) is 2. The van der Waals surface area contributed by atoms with Crippen molar-refractivity contribution in [1.29, 1.82) is 0 Å². The molecule has 2 N–H and O–H groups in total. The fourth-order valence-corrected chi connectivity index (χ4v) is 2.32. The second-order valence-corrected chi connectivity index (χ2v) is 6.01. The number of benzene rings is 1. The van der Waals surface area contributed by atoms with Crippen LogP contribution in [0.5, 0.6) is 5.75 Å². The highest BCUT2D eigenvalue weighted by molar-refractivity contribution is 14.0. The Morgan fingerprint density at radius 3 is 2.62 bits per heavy atom. The second-order valence-electron chi connectivity index (χ2n) is 5.63. The summed E-state index contributed by atoms with van der Waals surface area (Å²) in [5.74, 6) is 1.64. The van der Waals surface area contributed by atoms with E-state index in [0.717, 1.165) is 36.8 Å². The van der Waals surface area contributed by atoms with E-state index in [9.17, 15) is 0 Å². The van der Waals surface area contributed by atoms with Gasteiger partial charge >= 0.3 is 0 Å². The first-order chi connectivity index (χ1) is 12.2. The van der Waals surface area contributed by atoms with Crippen molar-refractivity contribution in [2.75, 3.05) is 19.6 Å². The van der Waals surface area contributed by atoms with E-state index >= 15 is 0 Å². The summed E-state index contributed by atoms with van der Waals surface area (Å²) >= 11 is 5.80. The molecular formula is C19H26ClIN4O. The summed E-state index contributed by atoms with van der Waals surface area (Å²) in [7, 11) is 0. The van der Waals surface area contributed by atoms with Gasteiger partial charge < -0.3 is 15.4 Å². The van der Waals surface area contributed by atoms with E-state index in [1.165, 1.54) is 0 Å². The highest BCUT2D eigenvalue weighted by atomic mass is 127. The molecule has 26 heavy (non-hydrogen) atoms. The summed E-state index contributed by atoms with van der Waals surface area (Å²) < 4.78 is 5.84. The molecule has 1 atom stereocenters. The molecule has 0 fully saturated rings. The Morgan fingerprint density at radius 1 is 1.19 bits per heavy atom. The molecule has 0 aliphatic carbocycles. The first-order valence-corrected chi connectivity index (χ1v) is 8.89. The third-order valence-electron chi connectivity index (χ3n) is 3.43. The number of aliphatic imine (C=N–C) groups is 1. The lowest BCUT2D eigenvalue weighted by Gasteiger charge is -2.15. The number of hydrogen-bond acceptors (Lipinski definition) is 3. The zero-order chi connectivity index (χ0) is 17.9. The van der Waals surface area contributed by atoms with Crippen molar-refractivity contribution >= 4 is 41.5 Å². The minimum absolute atomic E-state index is 0. The highest BCUT2D eigenvalue weighted by Gasteiger charge is 2.04. The summed E-state index contributed by atoms with van der Waals surface area (Å²) in [6.45, 7) is 6.21. The van der Waals surface area contributed by atoms with Crippen LogP contribution in [-0.2, 0) is 6.42 Å². The average molecular weight is 489 g/mol. The predicted octanol–water partition coefficient (Wildman–Crippen LogP) is 3.92. The van der Waals surface area contributed by atoms with Gasteiger partial charge in [0, 0.05) is 19.3 Å². The van der Waals surface area contributed by atoms with Crippen LogP contribution in [-0.4, -0.2) is 36.7 Å². The number of pyridine rings is 1. The first-order valence-electron chi connectivity index (χ1n) is 8.51. The van der Waals surface area contributed by atoms with Gasteiger partial charge in [-0.05, 0) is 44.0 Å². The van der Waals surface area contributed by atoms with Gasteiger partial charge in [0.15, 0.2) is 5.96 Å². The zero-order valence-electron chi connectivity index (χ0n) is 15.1. The molecule has 0 saturated heterocycles. The molecule has 2 aromatic rings. The van der Waals surface area contributed by atoms with Crippen LogP contribution < -0.4 is 15.4 Å². The molecule has 2 rings (SSSR count). The molecule has 5 nitrogen and oxygen atoms in total. The van der Waals surface area contributed by atoms with Crippen molar-refractivity contribution in [1.82, 2.24) is 15.6 Å². The molecule has 7 heteroatoms. The van der Waals surface area contributed by atoms with Crippen LogP contribution in [0.15, 0.2) is 53.7 Å². The Kier molecular flexibility index (Phi) is 11.0. The topological polar surface area (TPSA) is 58.5 Å². The van der Waals surface area contributed by atoms with Crippen LogP contribution in [0.1, 0.15) is 19.4 Å².